The molecule has 14 heteroatoms. The zero-order chi connectivity index (χ0) is 24.8. The number of carboxylic acid groups (broad SMARTS) is 2. The number of hydrogen-bond acceptors (Lipinski definition) is 9. The first kappa shape index (κ1) is 24.0. The van der Waals surface area contributed by atoms with E-state index in [1.807, 2.05) is 0 Å². The van der Waals surface area contributed by atoms with Gasteiger partial charge in [-0.05, 0) is 30.7 Å². The van der Waals surface area contributed by atoms with E-state index in [9.17, 15) is 29.1 Å². The highest BCUT2D eigenvalue weighted by molar-refractivity contribution is 5.97. The van der Waals surface area contributed by atoms with Crippen LogP contribution in [0.2, 0.25) is 0 Å². The Morgan fingerprint density at radius 3 is 2.59 bits per heavy atom. The molecule has 1 aliphatic heterocycles. The lowest BCUT2D eigenvalue weighted by molar-refractivity contribution is -0.140. The number of nitrogens with one attached hydrogen (secondary N) is 4. The molecule has 3 rings (SSSR count). The zero-order valence-electron chi connectivity index (χ0n) is 17.8. The van der Waals surface area contributed by atoms with Crippen molar-refractivity contribution in [2.75, 3.05) is 34.4 Å². The number of H-pyrrole nitrogens is 1. The number of nitrogen functional groups attached to an aromatic ring is 1. The highest BCUT2D eigenvalue weighted by atomic mass is 16.4. The van der Waals surface area contributed by atoms with Crippen LogP contribution in [-0.4, -0.2) is 69.6 Å². The molecular weight excluding hydrogens is 450 g/mol. The summed E-state index contributed by atoms with van der Waals surface area (Å²) in [6.07, 6.45) is -0.101. The summed E-state index contributed by atoms with van der Waals surface area (Å²) in [6.45, 7) is 0.568. The lowest BCUT2D eigenvalue weighted by Crippen LogP contribution is -2.50. The van der Waals surface area contributed by atoms with Gasteiger partial charge in [0.2, 0.25) is 12.4 Å². The van der Waals surface area contributed by atoms with Gasteiger partial charge < -0.3 is 36.8 Å². The number of hydrogen-bond donors (Lipinski definition) is 7. The van der Waals surface area contributed by atoms with Gasteiger partial charge in [-0.3, -0.25) is 24.2 Å². The molecule has 180 valence electrons. The first-order valence-electron chi connectivity index (χ1n) is 10.2. The smallest absolute Gasteiger partial charge is 0.326 e. The molecule has 8 N–H and O–H groups in total. The number of aromatic amines is 1. The van der Waals surface area contributed by atoms with Crippen molar-refractivity contribution in [3.8, 4) is 0 Å². The Balaban J connectivity index is 1.62. The maximum atomic E-state index is 12.3. The fourth-order valence-electron chi connectivity index (χ4n) is 3.39. The highest BCUT2D eigenvalue weighted by Crippen LogP contribution is 2.25. The zero-order valence-corrected chi connectivity index (χ0v) is 17.8. The number of aliphatic carboxylic acids is 2. The van der Waals surface area contributed by atoms with Crippen LogP contribution in [0.15, 0.2) is 29.1 Å². The average molecular weight is 473 g/mol. The number of aromatic nitrogens is 2. The highest BCUT2D eigenvalue weighted by Gasteiger charge is 2.29. The summed E-state index contributed by atoms with van der Waals surface area (Å²) in [6, 6.07) is 4.36. The number of nitrogens with two attached hydrogens (primary N) is 1. The lowest BCUT2D eigenvalue weighted by atomic mass is 10.1. The van der Waals surface area contributed by atoms with Crippen molar-refractivity contribution in [1.29, 1.82) is 0 Å². The van der Waals surface area contributed by atoms with Crippen LogP contribution in [-0.2, 0) is 14.4 Å². The van der Waals surface area contributed by atoms with Gasteiger partial charge >= 0.3 is 11.9 Å². The van der Waals surface area contributed by atoms with Crippen LogP contribution in [0.25, 0.3) is 0 Å². The molecule has 2 atom stereocenters. The van der Waals surface area contributed by atoms with Gasteiger partial charge in [-0.2, -0.15) is 4.98 Å². The van der Waals surface area contributed by atoms with Gasteiger partial charge in [-0.15, -0.1) is 0 Å². The topological polar surface area (TPSA) is 220 Å². The van der Waals surface area contributed by atoms with E-state index in [1.54, 1.807) is 12.1 Å². The maximum absolute atomic E-state index is 12.3. The first-order chi connectivity index (χ1) is 16.2. The second-order valence-corrected chi connectivity index (χ2v) is 7.45. The standard InChI is InChI=1S/C20H23N7O7/c21-20-25-16-15(18(32)26-20)27(9-28)12(8-23-16)7-22-11-3-1-10(2-4-11)17(31)24-13(19(33)34)5-6-14(29)30/h1-4,9,12-13,22H,5-8H2,(H,24,31)(H,29,30)(H,33,34)(H4,21,23,25,26,32)/t12-,13+/m0/s1. The van der Waals surface area contributed by atoms with Crippen molar-refractivity contribution < 1.29 is 29.4 Å². The van der Waals surface area contributed by atoms with Crippen LogP contribution in [0, 0.1) is 0 Å². The molecule has 0 aliphatic carbocycles. The monoisotopic (exact) mass is 473 g/mol. The molecule has 0 radical (unpaired) electrons. The second kappa shape index (κ2) is 10.3. The van der Waals surface area contributed by atoms with E-state index >= 15 is 0 Å². The van der Waals surface area contributed by atoms with Crippen LogP contribution in [0.5, 0.6) is 0 Å². The van der Waals surface area contributed by atoms with Crippen LogP contribution in [0.1, 0.15) is 23.2 Å². The molecule has 2 aromatic rings. The Labute approximate surface area is 192 Å². The van der Waals surface area contributed by atoms with E-state index in [2.05, 4.69) is 25.9 Å². The molecule has 1 aromatic carbocycles. The van der Waals surface area contributed by atoms with Gasteiger partial charge in [0, 0.05) is 30.8 Å². The summed E-state index contributed by atoms with van der Waals surface area (Å²) in [4.78, 5) is 65.7. The SMILES string of the molecule is Nc1nc2c(c(=O)[nH]1)N(C=O)[C@@H](CNc1ccc(C(=O)N[C@H](CCC(=O)O)C(=O)O)cc1)CN2. The van der Waals surface area contributed by atoms with Crippen molar-refractivity contribution >= 4 is 47.4 Å². The molecule has 0 fully saturated rings. The number of rotatable bonds is 10. The van der Waals surface area contributed by atoms with Crippen molar-refractivity contribution in [2.45, 2.75) is 24.9 Å². The van der Waals surface area contributed by atoms with Gasteiger partial charge in [0.15, 0.2) is 11.5 Å². The van der Waals surface area contributed by atoms with E-state index in [-0.39, 0.29) is 36.0 Å². The third kappa shape index (κ3) is 5.59. The summed E-state index contributed by atoms with van der Waals surface area (Å²) in [7, 11) is 0. The lowest BCUT2D eigenvalue weighted by Gasteiger charge is -2.34. The molecule has 0 saturated carbocycles. The minimum absolute atomic E-state index is 0.0603. The number of benzene rings is 1. The minimum Gasteiger partial charge on any atom is -0.481 e. The Hall–Kier alpha value is -4.62. The number of fused-ring (bicyclic) bond motifs is 1. The molecule has 34 heavy (non-hydrogen) atoms. The molecule has 0 spiro atoms. The average Bonchev–Trinajstić information content (AvgIpc) is 2.79. The van der Waals surface area contributed by atoms with E-state index in [4.69, 9.17) is 10.8 Å². The van der Waals surface area contributed by atoms with E-state index in [0.29, 0.717) is 18.6 Å². The predicted molar refractivity (Wildman–Crippen MR) is 121 cm³/mol. The van der Waals surface area contributed by atoms with Gasteiger partial charge in [-0.25, -0.2) is 4.79 Å². The second-order valence-electron chi connectivity index (χ2n) is 7.45. The van der Waals surface area contributed by atoms with Crippen LogP contribution in [0.4, 0.5) is 23.1 Å². The van der Waals surface area contributed by atoms with Crippen LogP contribution >= 0.6 is 0 Å². The van der Waals surface area contributed by atoms with Gasteiger partial charge in [0.25, 0.3) is 11.5 Å². The summed E-state index contributed by atoms with van der Waals surface area (Å²) >= 11 is 0. The summed E-state index contributed by atoms with van der Waals surface area (Å²) in [5.74, 6) is -3.00. The third-order valence-corrected chi connectivity index (χ3v) is 5.12. The molecule has 2 amide bonds. The summed E-state index contributed by atoms with van der Waals surface area (Å²) in [5, 5.41) is 26.3. The Morgan fingerprint density at radius 2 is 1.97 bits per heavy atom. The number of anilines is 4. The number of nitrogens with zero attached hydrogens (tertiary/aromatic N) is 2. The molecular formula is C20H23N7O7. The molecule has 0 bridgehead atoms. The molecule has 2 heterocycles. The van der Waals surface area contributed by atoms with Crippen molar-refractivity contribution in [3.05, 3.63) is 40.2 Å². The Morgan fingerprint density at radius 1 is 1.26 bits per heavy atom. The minimum atomic E-state index is -1.33. The summed E-state index contributed by atoms with van der Waals surface area (Å²) < 4.78 is 0. The molecule has 14 nitrogen and oxygen atoms in total. The van der Waals surface area contributed by atoms with E-state index in [1.165, 1.54) is 17.0 Å². The molecule has 0 unspecified atom stereocenters. The largest absolute Gasteiger partial charge is 0.481 e. The molecule has 1 aromatic heterocycles. The number of carboxylic acids is 2. The summed E-state index contributed by atoms with van der Waals surface area (Å²) in [5.41, 5.74) is 5.84. The third-order valence-electron chi connectivity index (χ3n) is 5.12. The first-order valence-corrected chi connectivity index (χ1v) is 10.2. The van der Waals surface area contributed by atoms with Crippen LogP contribution in [0.3, 0.4) is 0 Å². The maximum Gasteiger partial charge on any atom is 0.326 e. The fraction of sp³-hybridized carbons (Fsp3) is 0.300. The number of carbonyl (C=O) groups is 4. The number of carbonyl (C=O) groups excluding carboxylic acids is 2. The Bertz CT molecular complexity index is 1150. The normalized spacial score (nSPS) is 15.4. The molecule has 0 saturated heterocycles. The van der Waals surface area contributed by atoms with Gasteiger partial charge in [0.1, 0.15) is 6.04 Å². The predicted octanol–water partition coefficient (Wildman–Crippen LogP) is -0.731. The van der Waals surface area contributed by atoms with E-state index in [0.717, 1.165) is 0 Å². The molecule has 1 aliphatic rings. The number of amides is 2. The van der Waals surface area contributed by atoms with E-state index < -0.39 is 41.9 Å². The van der Waals surface area contributed by atoms with Crippen molar-refractivity contribution in [3.63, 3.8) is 0 Å². The Kier molecular flexibility index (Phi) is 7.30. The van der Waals surface area contributed by atoms with Crippen LogP contribution < -0.4 is 32.1 Å². The van der Waals surface area contributed by atoms with Gasteiger partial charge in [0.05, 0.1) is 6.04 Å². The van der Waals surface area contributed by atoms with Crippen molar-refractivity contribution in [1.82, 2.24) is 15.3 Å². The fourth-order valence-corrected chi connectivity index (χ4v) is 3.39. The van der Waals surface area contributed by atoms with Crippen molar-refractivity contribution in [2.24, 2.45) is 0 Å². The quantitative estimate of drug-likeness (QED) is 0.213. The van der Waals surface area contributed by atoms with Gasteiger partial charge in [-0.1, -0.05) is 0 Å².